The van der Waals surface area contributed by atoms with Gasteiger partial charge >= 0.3 is 12.5 Å². The Morgan fingerprint density at radius 3 is 2.33 bits per heavy atom. The molecular formula is C12H10F6N4O2. The lowest BCUT2D eigenvalue weighted by Crippen LogP contribution is -2.32. The van der Waals surface area contributed by atoms with Crippen molar-refractivity contribution in [2.75, 3.05) is 0 Å². The van der Waals surface area contributed by atoms with Crippen molar-refractivity contribution in [2.45, 2.75) is 31.6 Å². The number of pyridine rings is 1. The summed E-state index contributed by atoms with van der Waals surface area (Å²) in [7, 11) is 0. The summed E-state index contributed by atoms with van der Waals surface area (Å²) in [5, 5.41) is 14.0. The summed E-state index contributed by atoms with van der Waals surface area (Å²) in [4.78, 5) is 6.44. The van der Waals surface area contributed by atoms with Crippen LogP contribution in [-0.2, 0) is 18.3 Å². The number of ether oxygens (including phenoxy) is 1. The van der Waals surface area contributed by atoms with E-state index in [4.69, 9.17) is 0 Å². The van der Waals surface area contributed by atoms with Crippen LogP contribution in [0.1, 0.15) is 18.2 Å². The van der Waals surface area contributed by atoms with Gasteiger partial charge in [-0.3, -0.25) is 0 Å². The number of nitrogens with zero attached hydrogens (tertiary/aromatic N) is 4. The molecule has 0 spiro atoms. The molecule has 0 aromatic carbocycles. The second-order valence-corrected chi connectivity index (χ2v) is 4.96. The Morgan fingerprint density at radius 1 is 1.17 bits per heavy atom. The Labute approximate surface area is 130 Å². The Bertz CT molecular complexity index is 697. The molecule has 2 heterocycles. The minimum absolute atomic E-state index is 0.419. The molecule has 0 aliphatic heterocycles. The Balaban J connectivity index is 2.45. The number of alkyl halides is 6. The molecule has 0 saturated heterocycles. The molecule has 0 aliphatic rings. The van der Waals surface area contributed by atoms with Gasteiger partial charge in [0.25, 0.3) is 0 Å². The Morgan fingerprint density at radius 2 is 1.83 bits per heavy atom. The van der Waals surface area contributed by atoms with Gasteiger partial charge in [0.15, 0.2) is 5.69 Å². The average Bonchev–Trinajstić information content (AvgIpc) is 2.87. The third-order valence-corrected chi connectivity index (χ3v) is 2.88. The predicted molar refractivity (Wildman–Crippen MR) is 65.5 cm³/mol. The number of hydrogen-bond donors (Lipinski definition) is 1. The van der Waals surface area contributed by atoms with Gasteiger partial charge in [-0.2, -0.15) is 18.3 Å². The first-order chi connectivity index (χ1) is 10.9. The minimum Gasteiger partial charge on any atom is -0.388 e. The fourth-order valence-electron chi connectivity index (χ4n) is 1.98. The molecule has 0 bridgehead atoms. The van der Waals surface area contributed by atoms with Crippen molar-refractivity contribution in [3.8, 4) is 5.88 Å². The van der Waals surface area contributed by atoms with Crippen LogP contribution in [0.2, 0.25) is 0 Å². The quantitative estimate of drug-likeness (QED) is 0.853. The zero-order valence-corrected chi connectivity index (χ0v) is 11.9. The molecule has 2 aromatic heterocycles. The van der Waals surface area contributed by atoms with Crippen LogP contribution >= 0.6 is 0 Å². The van der Waals surface area contributed by atoms with Gasteiger partial charge in [0.2, 0.25) is 5.88 Å². The molecule has 1 atom stereocenters. The predicted octanol–water partition coefficient (Wildman–Crippen LogP) is 2.50. The van der Waals surface area contributed by atoms with Crippen molar-refractivity contribution in [1.82, 2.24) is 19.7 Å². The summed E-state index contributed by atoms with van der Waals surface area (Å²) >= 11 is 0. The summed E-state index contributed by atoms with van der Waals surface area (Å²) in [5.41, 5.74) is -4.53. The first-order valence-corrected chi connectivity index (χ1v) is 6.28. The van der Waals surface area contributed by atoms with Gasteiger partial charge in [-0.15, -0.1) is 13.2 Å². The highest BCUT2D eigenvalue weighted by atomic mass is 19.4. The molecule has 12 heteroatoms. The molecule has 1 N–H and O–H groups in total. The number of hydrogen-bond acceptors (Lipinski definition) is 5. The minimum atomic E-state index is -5.19. The summed E-state index contributed by atoms with van der Waals surface area (Å²) < 4.78 is 80.3. The summed E-state index contributed by atoms with van der Waals surface area (Å²) in [6.07, 6.45) is -8.02. The van der Waals surface area contributed by atoms with Gasteiger partial charge in [-0.1, -0.05) is 0 Å². The molecule has 1 unspecified atom stereocenters. The SMILES string of the molecule is CC(O)(Cn1cncn1)c1ccc(OC(F)(F)F)nc1C(F)(F)F. The van der Waals surface area contributed by atoms with E-state index in [-0.39, 0.29) is 0 Å². The van der Waals surface area contributed by atoms with Crippen LogP contribution in [0.3, 0.4) is 0 Å². The monoisotopic (exact) mass is 356 g/mol. The van der Waals surface area contributed by atoms with Crippen LogP contribution in [0.15, 0.2) is 24.8 Å². The van der Waals surface area contributed by atoms with Gasteiger partial charge in [0, 0.05) is 11.6 Å². The average molecular weight is 356 g/mol. The first-order valence-electron chi connectivity index (χ1n) is 6.28. The van der Waals surface area contributed by atoms with Crippen LogP contribution < -0.4 is 4.74 Å². The van der Waals surface area contributed by atoms with Crippen molar-refractivity contribution in [3.63, 3.8) is 0 Å². The van der Waals surface area contributed by atoms with Crippen LogP contribution in [0.25, 0.3) is 0 Å². The van der Waals surface area contributed by atoms with Gasteiger partial charge in [0.05, 0.1) is 6.54 Å². The van der Waals surface area contributed by atoms with Crippen molar-refractivity contribution in [1.29, 1.82) is 0 Å². The van der Waals surface area contributed by atoms with Crippen LogP contribution in [-0.4, -0.2) is 31.2 Å². The number of rotatable bonds is 4. The van der Waals surface area contributed by atoms with Gasteiger partial charge in [-0.05, 0) is 13.0 Å². The van der Waals surface area contributed by atoms with E-state index in [1.54, 1.807) is 0 Å². The highest BCUT2D eigenvalue weighted by Gasteiger charge is 2.42. The smallest absolute Gasteiger partial charge is 0.388 e. The second kappa shape index (κ2) is 5.92. The largest absolute Gasteiger partial charge is 0.574 e. The van der Waals surface area contributed by atoms with Crippen molar-refractivity contribution in [2.24, 2.45) is 0 Å². The first kappa shape index (κ1) is 18.0. The molecule has 2 aromatic rings. The molecule has 0 aliphatic carbocycles. The summed E-state index contributed by atoms with van der Waals surface area (Å²) in [5.74, 6) is -1.28. The van der Waals surface area contributed by atoms with E-state index in [1.165, 1.54) is 0 Å². The lowest BCUT2D eigenvalue weighted by Gasteiger charge is -2.26. The van der Waals surface area contributed by atoms with Crippen molar-refractivity contribution in [3.05, 3.63) is 36.0 Å². The van der Waals surface area contributed by atoms with E-state index in [2.05, 4.69) is 19.8 Å². The fourth-order valence-corrected chi connectivity index (χ4v) is 1.98. The molecule has 6 nitrogen and oxygen atoms in total. The third kappa shape index (κ3) is 4.34. The maximum absolute atomic E-state index is 13.1. The molecule has 0 fully saturated rings. The van der Waals surface area contributed by atoms with Crippen molar-refractivity contribution < 1.29 is 36.2 Å². The van der Waals surface area contributed by atoms with Gasteiger partial charge < -0.3 is 9.84 Å². The maximum Gasteiger partial charge on any atom is 0.574 e. The van der Waals surface area contributed by atoms with Crippen molar-refractivity contribution >= 4 is 0 Å². The van der Waals surface area contributed by atoms with Crippen LogP contribution in [0, 0.1) is 0 Å². The van der Waals surface area contributed by atoms with Gasteiger partial charge in [-0.25, -0.2) is 14.6 Å². The van der Waals surface area contributed by atoms with E-state index in [0.29, 0.717) is 12.1 Å². The molecule has 0 radical (unpaired) electrons. The highest BCUT2D eigenvalue weighted by molar-refractivity contribution is 5.32. The van der Waals surface area contributed by atoms with E-state index in [9.17, 15) is 31.4 Å². The fraction of sp³-hybridized carbons (Fsp3) is 0.417. The Hall–Kier alpha value is -2.37. The topological polar surface area (TPSA) is 73.1 Å². The maximum atomic E-state index is 13.1. The van der Waals surface area contributed by atoms with E-state index in [0.717, 1.165) is 24.3 Å². The van der Waals surface area contributed by atoms with Crippen LogP contribution in [0.4, 0.5) is 26.3 Å². The van der Waals surface area contributed by atoms with E-state index in [1.807, 2.05) is 0 Å². The highest BCUT2D eigenvalue weighted by Crippen LogP contribution is 2.37. The number of aromatic nitrogens is 4. The zero-order chi connectivity index (χ0) is 18.2. The lowest BCUT2D eigenvalue weighted by atomic mass is 9.94. The normalized spacial score (nSPS) is 15.2. The summed E-state index contributed by atoms with van der Waals surface area (Å²) in [6, 6.07) is 1.27. The second-order valence-electron chi connectivity index (χ2n) is 4.96. The molecule has 0 amide bonds. The Kier molecular flexibility index (Phi) is 4.44. The van der Waals surface area contributed by atoms with E-state index < -0.39 is 41.8 Å². The van der Waals surface area contributed by atoms with Crippen LogP contribution in [0.5, 0.6) is 5.88 Å². The van der Waals surface area contributed by atoms with E-state index >= 15 is 0 Å². The molecular weight excluding hydrogens is 346 g/mol. The standard InChI is InChI=1S/C12H10F6N4O2/c1-10(23,4-22-6-19-5-20-22)7-2-3-8(24-12(16,17)18)21-9(7)11(13,14)15/h2-3,5-6,23H,4H2,1H3. The third-order valence-electron chi connectivity index (χ3n) is 2.88. The number of aliphatic hydroxyl groups is 1. The number of halogens is 6. The summed E-state index contributed by atoms with van der Waals surface area (Å²) in [6.45, 7) is 0.627. The lowest BCUT2D eigenvalue weighted by molar-refractivity contribution is -0.276. The van der Waals surface area contributed by atoms with Gasteiger partial charge in [0.1, 0.15) is 18.3 Å². The molecule has 0 saturated carbocycles. The molecule has 2 rings (SSSR count). The molecule has 132 valence electrons. The zero-order valence-electron chi connectivity index (χ0n) is 11.9. The molecule has 24 heavy (non-hydrogen) atoms.